The van der Waals surface area contributed by atoms with Gasteiger partial charge in [-0.25, -0.2) is 0 Å². The second-order valence-electron chi connectivity index (χ2n) is 4.07. The lowest BCUT2D eigenvalue weighted by Gasteiger charge is -2.12. The molecule has 108 valence electrons. The van der Waals surface area contributed by atoms with Crippen LogP contribution in [0.4, 0.5) is 0 Å². The molecule has 0 spiro atoms. The number of carbonyl (C=O) groups is 1. The molecule has 0 aromatic heterocycles. The zero-order chi connectivity index (χ0) is 14.8. The largest absolute Gasteiger partial charge is 0.493 e. The smallest absolute Gasteiger partial charge is 0.257 e. The van der Waals surface area contributed by atoms with Crippen LogP contribution in [0.25, 0.3) is 0 Å². The Labute approximate surface area is 118 Å². The Morgan fingerprint density at radius 1 is 1.45 bits per heavy atom. The van der Waals surface area contributed by atoms with Gasteiger partial charge in [0.15, 0.2) is 18.1 Å². The zero-order valence-corrected chi connectivity index (χ0v) is 11.5. The molecule has 0 aliphatic carbocycles. The molecule has 0 bridgehead atoms. The molecule has 0 saturated heterocycles. The molecule has 0 unspecified atom stereocenters. The Morgan fingerprint density at radius 2 is 2.25 bits per heavy atom. The third-order valence-corrected chi connectivity index (χ3v) is 2.58. The number of amides is 1. The number of methoxy groups -OCH3 is 1. The average Bonchev–Trinajstić information content (AvgIpc) is 2.46. The normalized spacial score (nSPS) is 9.65. The lowest BCUT2D eigenvalue weighted by Crippen LogP contribution is -2.29. The van der Waals surface area contributed by atoms with Gasteiger partial charge in [0.2, 0.25) is 0 Å². The van der Waals surface area contributed by atoms with Gasteiger partial charge in [0.25, 0.3) is 5.91 Å². The average molecular weight is 277 g/mol. The third kappa shape index (κ3) is 5.16. The van der Waals surface area contributed by atoms with Crippen molar-refractivity contribution in [2.24, 2.45) is 5.73 Å². The first-order chi connectivity index (χ1) is 9.71. The fourth-order valence-electron chi connectivity index (χ4n) is 1.61. The first-order valence-electron chi connectivity index (χ1n) is 6.34. The summed E-state index contributed by atoms with van der Waals surface area (Å²) in [7, 11) is 1.54. The van der Waals surface area contributed by atoms with Gasteiger partial charge in [0.1, 0.15) is 0 Å². The van der Waals surface area contributed by atoms with E-state index in [4.69, 9.17) is 20.5 Å². The standard InChI is InChI=1S/C14H19N3O3/c1-19-12-4-3-11(5-7-16)9-13(12)20-10-14(18)17-8-2-6-15/h3-4,9H,2,5,7-8,10,16H2,1H3,(H,17,18). The predicted octanol–water partition coefficient (Wildman–Crippen LogP) is 0.605. The Bertz CT molecular complexity index is 483. The molecule has 0 radical (unpaired) electrons. The van der Waals surface area contributed by atoms with Gasteiger partial charge in [-0.15, -0.1) is 0 Å². The van der Waals surface area contributed by atoms with Crippen LogP contribution in [-0.4, -0.2) is 32.7 Å². The summed E-state index contributed by atoms with van der Waals surface area (Å²) in [6.07, 6.45) is 1.01. The molecule has 0 aliphatic rings. The zero-order valence-electron chi connectivity index (χ0n) is 11.5. The van der Waals surface area contributed by atoms with Crippen LogP contribution in [0.2, 0.25) is 0 Å². The van der Waals surface area contributed by atoms with Crippen LogP contribution >= 0.6 is 0 Å². The molecule has 3 N–H and O–H groups in total. The molecule has 1 rings (SSSR count). The number of nitrogens with zero attached hydrogens (tertiary/aromatic N) is 1. The van der Waals surface area contributed by atoms with E-state index in [-0.39, 0.29) is 18.9 Å². The summed E-state index contributed by atoms with van der Waals surface area (Å²) in [6, 6.07) is 7.46. The minimum atomic E-state index is -0.272. The molecule has 0 saturated carbocycles. The van der Waals surface area contributed by atoms with Crippen LogP contribution in [0.1, 0.15) is 12.0 Å². The van der Waals surface area contributed by atoms with Crippen molar-refractivity contribution < 1.29 is 14.3 Å². The number of nitriles is 1. The Hall–Kier alpha value is -2.26. The first-order valence-corrected chi connectivity index (χ1v) is 6.34. The lowest BCUT2D eigenvalue weighted by atomic mass is 10.1. The van der Waals surface area contributed by atoms with Crippen molar-refractivity contribution in [2.45, 2.75) is 12.8 Å². The summed E-state index contributed by atoms with van der Waals surface area (Å²) in [5.41, 5.74) is 6.53. The van der Waals surface area contributed by atoms with E-state index in [0.29, 0.717) is 24.6 Å². The number of hydrogen-bond donors (Lipinski definition) is 2. The van der Waals surface area contributed by atoms with E-state index >= 15 is 0 Å². The molecule has 1 amide bonds. The summed E-state index contributed by atoms with van der Waals surface area (Å²) in [4.78, 5) is 11.5. The first kappa shape index (κ1) is 15.8. The maximum absolute atomic E-state index is 11.5. The van der Waals surface area contributed by atoms with Crippen molar-refractivity contribution in [1.82, 2.24) is 5.32 Å². The molecule has 1 aromatic rings. The van der Waals surface area contributed by atoms with Gasteiger partial charge >= 0.3 is 0 Å². The summed E-state index contributed by atoms with van der Waals surface area (Å²) >= 11 is 0. The Balaban J connectivity index is 2.59. The highest BCUT2D eigenvalue weighted by molar-refractivity contribution is 5.77. The fraction of sp³-hybridized carbons (Fsp3) is 0.429. The van der Waals surface area contributed by atoms with Crippen LogP contribution < -0.4 is 20.5 Å². The van der Waals surface area contributed by atoms with Crippen LogP contribution in [0.3, 0.4) is 0 Å². The highest BCUT2D eigenvalue weighted by Crippen LogP contribution is 2.28. The van der Waals surface area contributed by atoms with Crippen LogP contribution in [-0.2, 0) is 11.2 Å². The summed E-state index contributed by atoms with van der Waals surface area (Å²) in [6.45, 7) is 0.747. The second kappa shape index (κ2) is 8.77. The topological polar surface area (TPSA) is 97.4 Å². The molecule has 0 heterocycles. The van der Waals surface area contributed by atoms with Gasteiger partial charge in [-0.05, 0) is 30.7 Å². The van der Waals surface area contributed by atoms with E-state index < -0.39 is 0 Å². The van der Waals surface area contributed by atoms with E-state index in [0.717, 1.165) is 12.0 Å². The maximum atomic E-state index is 11.5. The molecule has 6 nitrogen and oxygen atoms in total. The van der Waals surface area contributed by atoms with E-state index in [1.807, 2.05) is 18.2 Å². The van der Waals surface area contributed by atoms with Gasteiger partial charge in [-0.1, -0.05) is 6.07 Å². The number of nitrogens with two attached hydrogens (primary N) is 1. The number of rotatable bonds is 8. The molecule has 6 heteroatoms. The van der Waals surface area contributed by atoms with Crippen molar-refractivity contribution in [3.8, 4) is 17.6 Å². The highest BCUT2D eigenvalue weighted by Gasteiger charge is 2.08. The molecular formula is C14H19N3O3. The summed E-state index contributed by atoms with van der Waals surface area (Å²) in [5.74, 6) is 0.802. The molecule has 0 fully saturated rings. The molecule has 20 heavy (non-hydrogen) atoms. The minimum absolute atomic E-state index is 0.117. The summed E-state index contributed by atoms with van der Waals surface area (Å²) in [5, 5.41) is 11.0. The quantitative estimate of drug-likeness (QED) is 0.678. The SMILES string of the molecule is COc1ccc(CCN)cc1OCC(=O)NCCC#N. The van der Waals surface area contributed by atoms with Crippen LogP contribution in [0.15, 0.2) is 18.2 Å². The van der Waals surface area contributed by atoms with Crippen molar-refractivity contribution in [2.75, 3.05) is 26.8 Å². The fourth-order valence-corrected chi connectivity index (χ4v) is 1.61. The summed E-state index contributed by atoms with van der Waals surface area (Å²) < 4.78 is 10.6. The number of benzene rings is 1. The van der Waals surface area contributed by atoms with Gasteiger partial charge in [0, 0.05) is 6.54 Å². The Kier molecular flexibility index (Phi) is 6.93. The van der Waals surface area contributed by atoms with Gasteiger partial charge in [-0.3, -0.25) is 4.79 Å². The second-order valence-corrected chi connectivity index (χ2v) is 4.07. The maximum Gasteiger partial charge on any atom is 0.257 e. The third-order valence-electron chi connectivity index (χ3n) is 2.58. The van der Waals surface area contributed by atoms with E-state index in [1.165, 1.54) is 7.11 Å². The molecule has 1 aromatic carbocycles. The molecule has 0 atom stereocenters. The van der Waals surface area contributed by atoms with Crippen LogP contribution in [0.5, 0.6) is 11.5 Å². The van der Waals surface area contributed by atoms with E-state index in [1.54, 1.807) is 6.07 Å². The van der Waals surface area contributed by atoms with E-state index in [9.17, 15) is 4.79 Å². The lowest BCUT2D eigenvalue weighted by molar-refractivity contribution is -0.123. The van der Waals surface area contributed by atoms with E-state index in [2.05, 4.69) is 5.32 Å². The number of hydrogen-bond acceptors (Lipinski definition) is 5. The number of carbonyl (C=O) groups excluding carboxylic acids is 1. The van der Waals surface area contributed by atoms with Crippen molar-refractivity contribution >= 4 is 5.91 Å². The predicted molar refractivity (Wildman–Crippen MR) is 74.5 cm³/mol. The van der Waals surface area contributed by atoms with Gasteiger partial charge < -0.3 is 20.5 Å². The molecular weight excluding hydrogens is 258 g/mol. The monoisotopic (exact) mass is 277 g/mol. The van der Waals surface area contributed by atoms with Crippen molar-refractivity contribution in [3.05, 3.63) is 23.8 Å². The van der Waals surface area contributed by atoms with Crippen molar-refractivity contribution in [1.29, 1.82) is 5.26 Å². The van der Waals surface area contributed by atoms with Gasteiger partial charge in [-0.2, -0.15) is 5.26 Å². The highest BCUT2D eigenvalue weighted by atomic mass is 16.5. The molecule has 0 aliphatic heterocycles. The number of nitrogens with one attached hydrogen (secondary N) is 1. The van der Waals surface area contributed by atoms with Crippen LogP contribution in [0, 0.1) is 11.3 Å². The Morgan fingerprint density at radius 3 is 2.90 bits per heavy atom. The van der Waals surface area contributed by atoms with Crippen molar-refractivity contribution in [3.63, 3.8) is 0 Å². The van der Waals surface area contributed by atoms with Gasteiger partial charge in [0.05, 0.1) is 19.6 Å². The minimum Gasteiger partial charge on any atom is -0.493 e. The number of ether oxygens (including phenoxy) is 2.